The number of ether oxygens (including phenoxy) is 1. The van der Waals surface area contributed by atoms with Gasteiger partial charge in [-0.15, -0.1) is 0 Å². The molecule has 0 aromatic carbocycles. The molecule has 0 fully saturated rings. The van der Waals surface area contributed by atoms with Gasteiger partial charge in [0, 0.05) is 19.5 Å². The maximum atomic E-state index is 11.5. The fraction of sp³-hybridized carbons (Fsp3) is 0.600. The number of aromatic nitrogens is 2. The molecule has 0 saturated carbocycles. The summed E-state index contributed by atoms with van der Waals surface area (Å²) in [5, 5.41) is 0. The second-order valence-corrected chi connectivity index (χ2v) is 5.76. The van der Waals surface area contributed by atoms with Gasteiger partial charge in [-0.05, 0) is 0 Å². The molecule has 8 nitrogen and oxygen atoms in total. The van der Waals surface area contributed by atoms with Gasteiger partial charge in [-0.25, -0.2) is 22.9 Å². The monoisotopic (exact) mass is 290 g/mol. The second-order valence-electron chi connectivity index (χ2n) is 3.93. The molecule has 1 heterocycles. The van der Waals surface area contributed by atoms with Crippen LogP contribution in [0.1, 0.15) is 23.2 Å². The summed E-state index contributed by atoms with van der Waals surface area (Å²) in [5.41, 5.74) is 5.88. The number of hydrogen-bond donors (Lipinski definition) is 2. The van der Waals surface area contributed by atoms with Gasteiger partial charge in [0.1, 0.15) is 11.6 Å². The van der Waals surface area contributed by atoms with E-state index in [9.17, 15) is 13.2 Å². The zero-order valence-corrected chi connectivity index (χ0v) is 12.0. The number of rotatable bonds is 6. The van der Waals surface area contributed by atoms with Crippen molar-refractivity contribution >= 4 is 21.8 Å². The van der Waals surface area contributed by atoms with Crippen molar-refractivity contribution in [1.82, 2.24) is 14.3 Å². The molecule has 108 valence electrons. The highest BCUT2D eigenvalue weighted by Crippen LogP contribution is 2.15. The summed E-state index contributed by atoms with van der Waals surface area (Å²) < 4.78 is 30.5. The van der Waals surface area contributed by atoms with Crippen LogP contribution < -0.4 is 10.5 Å². The molecule has 1 aromatic heterocycles. The summed E-state index contributed by atoms with van der Waals surface area (Å²) >= 11 is 0. The molecular weight excluding hydrogens is 272 g/mol. The fourth-order valence-corrected chi connectivity index (χ4v) is 2.08. The molecule has 9 heteroatoms. The van der Waals surface area contributed by atoms with E-state index in [-0.39, 0.29) is 18.1 Å². The topological polar surface area (TPSA) is 116 Å². The number of methoxy groups -OCH3 is 1. The number of carbonyl (C=O) groups excluding carboxylic acids is 1. The molecule has 0 unspecified atom stereocenters. The molecule has 0 aliphatic heterocycles. The second kappa shape index (κ2) is 6.02. The Morgan fingerprint density at radius 2 is 2.16 bits per heavy atom. The summed E-state index contributed by atoms with van der Waals surface area (Å²) in [4.78, 5) is 15.6. The molecule has 3 N–H and O–H groups in total. The van der Waals surface area contributed by atoms with E-state index < -0.39 is 16.0 Å². The van der Waals surface area contributed by atoms with Gasteiger partial charge >= 0.3 is 5.97 Å². The highest BCUT2D eigenvalue weighted by atomic mass is 32.2. The van der Waals surface area contributed by atoms with Crippen LogP contribution in [0.2, 0.25) is 0 Å². The Morgan fingerprint density at radius 3 is 2.63 bits per heavy atom. The van der Waals surface area contributed by atoms with Gasteiger partial charge < -0.3 is 15.0 Å². The van der Waals surface area contributed by atoms with Crippen molar-refractivity contribution in [3.63, 3.8) is 0 Å². The van der Waals surface area contributed by atoms with Gasteiger partial charge in [-0.1, -0.05) is 6.92 Å². The van der Waals surface area contributed by atoms with E-state index in [2.05, 4.69) is 14.4 Å². The number of esters is 1. The number of aryl methyl sites for hydroxylation is 1. The molecule has 0 aliphatic rings. The number of hydrogen-bond acceptors (Lipinski definition) is 6. The van der Waals surface area contributed by atoms with E-state index in [1.54, 1.807) is 4.57 Å². The van der Waals surface area contributed by atoms with E-state index >= 15 is 0 Å². The van der Waals surface area contributed by atoms with Crippen LogP contribution in [0.4, 0.5) is 5.82 Å². The summed E-state index contributed by atoms with van der Waals surface area (Å²) in [6.45, 7) is 2.34. The van der Waals surface area contributed by atoms with Crippen LogP contribution in [-0.2, 0) is 27.7 Å². The van der Waals surface area contributed by atoms with Gasteiger partial charge in [0.15, 0.2) is 5.69 Å². The van der Waals surface area contributed by atoms with Crippen LogP contribution in [0, 0.1) is 0 Å². The lowest BCUT2D eigenvalue weighted by molar-refractivity contribution is 0.0595. The van der Waals surface area contributed by atoms with Crippen LogP contribution in [-0.4, -0.2) is 43.8 Å². The Bertz CT molecular complexity index is 564. The van der Waals surface area contributed by atoms with Gasteiger partial charge in [0.25, 0.3) is 0 Å². The SMILES string of the molecule is CCc1nc(C(=O)OC)c(N)n1CCNS(C)(=O)=O. The zero-order valence-electron chi connectivity index (χ0n) is 11.1. The summed E-state index contributed by atoms with van der Waals surface area (Å²) in [5.74, 6) is 0.175. The number of anilines is 1. The van der Waals surface area contributed by atoms with Gasteiger partial charge in [0.2, 0.25) is 10.0 Å². The Balaban J connectivity index is 2.93. The third kappa shape index (κ3) is 3.93. The van der Waals surface area contributed by atoms with Crippen molar-refractivity contribution in [2.75, 3.05) is 25.6 Å². The van der Waals surface area contributed by atoms with Crippen LogP contribution >= 0.6 is 0 Å². The zero-order chi connectivity index (χ0) is 14.6. The molecule has 0 atom stereocenters. The lowest BCUT2D eigenvalue weighted by atomic mass is 10.4. The lowest BCUT2D eigenvalue weighted by Crippen LogP contribution is -2.27. The Labute approximate surface area is 112 Å². The molecule has 19 heavy (non-hydrogen) atoms. The molecular formula is C10H18N4O4S. The number of nitrogens with zero attached hydrogens (tertiary/aromatic N) is 2. The number of nitrogen functional groups attached to an aromatic ring is 1. The Kier molecular flexibility index (Phi) is 4.90. The minimum Gasteiger partial charge on any atom is -0.464 e. The van der Waals surface area contributed by atoms with Gasteiger partial charge in [-0.2, -0.15) is 0 Å². The van der Waals surface area contributed by atoms with Gasteiger partial charge in [0.05, 0.1) is 13.4 Å². The van der Waals surface area contributed by atoms with Crippen LogP contribution in [0.3, 0.4) is 0 Å². The van der Waals surface area contributed by atoms with Crippen LogP contribution in [0.5, 0.6) is 0 Å². The van der Waals surface area contributed by atoms with Gasteiger partial charge in [-0.3, -0.25) is 0 Å². The average molecular weight is 290 g/mol. The maximum absolute atomic E-state index is 11.5. The minimum absolute atomic E-state index is 0.0544. The van der Waals surface area contributed by atoms with Crippen molar-refractivity contribution in [3.8, 4) is 0 Å². The normalized spacial score (nSPS) is 11.5. The van der Waals surface area contributed by atoms with Crippen molar-refractivity contribution < 1.29 is 17.9 Å². The third-order valence-electron chi connectivity index (χ3n) is 2.48. The Hall–Kier alpha value is -1.61. The molecule has 0 saturated heterocycles. The standard InChI is InChI=1S/C10H18N4O4S/c1-4-7-13-8(10(15)18-2)9(11)14(7)6-5-12-19(3,16)17/h12H,4-6,11H2,1-3H3. The summed E-state index contributed by atoms with van der Waals surface area (Å²) in [7, 11) is -2.01. The van der Waals surface area contributed by atoms with Crippen molar-refractivity contribution in [3.05, 3.63) is 11.5 Å². The number of carbonyl (C=O) groups is 1. The smallest absolute Gasteiger partial charge is 0.360 e. The van der Waals surface area contributed by atoms with Crippen LogP contribution in [0.25, 0.3) is 0 Å². The molecule has 0 amide bonds. The van der Waals surface area contributed by atoms with Crippen LogP contribution in [0.15, 0.2) is 0 Å². The predicted molar refractivity (Wildman–Crippen MR) is 70.2 cm³/mol. The third-order valence-corrected chi connectivity index (χ3v) is 3.21. The summed E-state index contributed by atoms with van der Waals surface area (Å²) in [6, 6.07) is 0. The average Bonchev–Trinajstić information content (AvgIpc) is 2.64. The van der Waals surface area contributed by atoms with E-state index in [0.717, 1.165) is 6.26 Å². The lowest BCUT2D eigenvalue weighted by Gasteiger charge is -2.08. The molecule has 1 aromatic rings. The quantitative estimate of drug-likeness (QED) is 0.673. The Morgan fingerprint density at radius 1 is 1.53 bits per heavy atom. The number of sulfonamides is 1. The first-order chi connectivity index (χ1) is 8.80. The highest BCUT2D eigenvalue weighted by molar-refractivity contribution is 7.88. The van der Waals surface area contributed by atoms with Crippen molar-refractivity contribution in [1.29, 1.82) is 0 Å². The molecule has 0 radical (unpaired) electrons. The van der Waals surface area contributed by atoms with E-state index in [0.29, 0.717) is 18.8 Å². The first-order valence-electron chi connectivity index (χ1n) is 5.68. The van der Waals surface area contributed by atoms with E-state index in [1.165, 1.54) is 7.11 Å². The van der Waals surface area contributed by atoms with Crippen molar-refractivity contribution in [2.24, 2.45) is 0 Å². The largest absolute Gasteiger partial charge is 0.464 e. The molecule has 0 bridgehead atoms. The number of imidazole rings is 1. The fourth-order valence-electron chi connectivity index (χ4n) is 1.62. The van der Waals surface area contributed by atoms with Crippen molar-refractivity contribution in [2.45, 2.75) is 19.9 Å². The number of nitrogens with two attached hydrogens (primary N) is 1. The van der Waals surface area contributed by atoms with E-state index in [4.69, 9.17) is 5.73 Å². The molecule has 1 rings (SSSR count). The summed E-state index contributed by atoms with van der Waals surface area (Å²) in [6.07, 6.45) is 1.64. The predicted octanol–water partition coefficient (Wildman–Crippen LogP) is -0.636. The molecule has 0 spiro atoms. The first kappa shape index (κ1) is 15.4. The molecule has 0 aliphatic carbocycles. The first-order valence-corrected chi connectivity index (χ1v) is 7.57. The maximum Gasteiger partial charge on any atom is 0.360 e. The van der Waals surface area contributed by atoms with E-state index in [1.807, 2.05) is 6.92 Å². The minimum atomic E-state index is -3.26. The highest BCUT2D eigenvalue weighted by Gasteiger charge is 2.20. The number of nitrogens with one attached hydrogen (secondary N) is 1.